The number of hydrogen-bond acceptors (Lipinski definition) is 6. The molecule has 3 aromatic rings. The van der Waals surface area contributed by atoms with Crippen LogP contribution in [-0.4, -0.2) is 69.1 Å². The van der Waals surface area contributed by atoms with Gasteiger partial charge >= 0.3 is 0 Å². The number of hydrogen-bond donors (Lipinski definition) is 1. The number of benzene rings is 1. The van der Waals surface area contributed by atoms with Crippen LogP contribution < -0.4 is 10.2 Å². The van der Waals surface area contributed by atoms with E-state index in [2.05, 4.69) is 37.0 Å². The monoisotopic (exact) mass is 407 g/mol. The molecule has 1 aromatic carbocycles. The van der Waals surface area contributed by atoms with Crippen LogP contribution in [0.4, 0.5) is 5.82 Å². The standard InChI is InChI=1S/C22H27N7O.H2/c1-3-27-8-10-28(11-9-27)20-19-21(24-13-23-20)29(14-25-19)18-12-16(5-4-15(18)2)22(30)26-17-6-7-17;/h4-5,12-14,17H,3,6-11H2,1-2H3,(H,26,30);1H. The number of aryl methyl sites for hydroxylation is 1. The lowest BCUT2D eigenvalue weighted by Gasteiger charge is -2.34. The van der Waals surface area contributed by atoms with Gasteiger partial charge in [-0.15, -0.1) is 0 Å². The molecule has 0 radical (unpaired) electrons. The van der Waals surface area contributed by atoms with E-state index < -0.39 is 0 Å². The third kappa shape index (κ3) is 3.52. The highest BCUT2D eigenvalue weighted by Crippen LogP contribution is 2.27. The molecule has 1 amide bonds. The second kappa shape index (κ2) is 7.68. The fraction of sp³-hybridized carbons (Fsp3) is 0.455. The first-order valence-corrected chi connectivity index (χ1v) is 10.7. The summed E-state index contributed by atoms with van der Waals surface area (Å²) in [6.07, 6.45) is 5.54. The Balaban J connectivity index is 0.00000231. The average Bonchev–Trinajstić information content (AvgIpc) is 3.49. The molecule has 3 heterocycles. The van der Waals surface area contributed by atoms with Crippen molar-refractivity contribution in [3.8, 4) is 5.69 Å². The molecule has 1 aliphatic carbocycles. The lowest BCUT2D eigenvalue weighted by Crippen LogP contribution is -2.46. The summed E-state index contributed by atoms with van der Waals surface area (Å²) in [7, 11) is 0. The Hall–Kier alpha value is -3.00. The maximum absolute atomic E-state index is 12.5. The molecule has 2 aliphatic rings. The molecule has 1 N–H and O–H groups in total. The Kier molecular flexibility index (Phi) is 4.86. The first-order valence-electron chi connectivity index (χ1n) is 10.7. The van der Waals surface area contributed by atoms with Gasteiger partial charge in [-0.2, -0.15) is 0 Å². The highest BCUT2D eigenvalue weighted by molar-refractivity contribution is 5.95. The molecular weight excluding hydrogens is 378 g/mol. The number of nitrogens with one attached hydrogen (secondary N) is 1. The first kappa shape index (κ1) is 19.0. The highest BCUT2D eigenvalue weighted by Gasteiger charge is 2.25. The van der Waals surface area contributed by atoms with Crippen molar-refractivity contribution in [3.05, 3.63) is 42.0 Å². The van der Waals surface area contributed by atoms with Gasteiger partial charge in [-0.05, 0) is 44.0 Å². The molecule has 2 fully saturated rings. The maximum Gasteiger partial charge on any atom is 0.251 e. The number of nitrogens with zero attached hydrogens (tertiary/aromatic N) is 6. The van der Waals surface area contributed by atoms with Crippen molar-refractivity contribution in [1.29, 1.82) is 0 Å². The molecule has 0 unspecified atom stereocenters. The quantitative estimate of drug-likeness (QED) is 0.700. The van der Waals surface area contributed by atoms with Crippen LogP contribution in [0.2, 0.25) is 0 Å². The Morgan fingerprint density at radius 1 is 1.17 bits per heavy atom. The Morgan fingerprint density at radius 3 is 2.70 bits per heavy atom. The van der Waals surface area contributed by atoms with E-state index in [4.69, 9.17) is 0 Å². The number of anilines is 1. The molecule has 8 heteroatoms. The third-order valence-electron chi connectivity index (χ3n) is 6.08. The summed E-state index contributed by atoms with van der Waals surface area (Å²) in [4.78, 5) is 31.0. The van der Waals surface area contributed by atoms with Gasteiger partial charge in [0.2, 0.25) is 0 Å². The van der Waals surface area contributed by atoms with E-state index in [9.17, 15) is 4.79 Å². The minimum Gasteiger partial charge on any atom is -0.352 e. The first-order chi connectivity index (χ1) is 14.6. The zero-order valence-corrected chi connectivity index (χ0v) is 17.5. The van der Waals surface area contributed by atoms with Crippen LogP contribution >= 0.6 is 0 Å². The van der Waals surface area contributed by atoms with Crippen molar-refractivity contribution in [3.63, 3.8) is 0 Å². The molecule has 0 bridgehead atoms. The number of fused-ring (bicyclic) bond motifs is 1. The number of imidazole rings is 1. The van der Waals surface area contributed by atoms with Gasteiger partial charge in [-0.25, -0.2) is 15.0 Å². The second-order valence-electron chi connectivity index (χ2n) is 8.15. The van der Waals surface area contributed by atoms with Gasteiger partial charge in [0.25, 0.3) is 5.91 Å². The van der Waals surface area contributed by atoms with Gasteiger partial charge in [0.05, 0.1) is 5.69 Å². The zero-order chi connectivity index (χ0) is 20.7. The van der Waals surface area contributed by atoms with Crippen molar-refractivity contribution in [2.75, 3.05) is 37.6 Å². The zero-order valence-electron chi connectivity index (χ0n) is 17.5. The largest absolute Gasteiger partial charge is 0.352 e. The van der Waals surface area contributed by atoms with Crippen LogP contribution in [0, 0.1) is 6.92 Å². The van der Waals surface area contributed by atoms with Crippen LogP contribution in [-0.2, 0) is 0 Å². The summed E-state index contributed by atoms with van der Waals surface area (Å²) in [6.45, 7) is 9.23. The van der Waals surface area contributed by atoms with Crippen LogP contribution in [0.1, 0.15) is 37.1 Å². The van der Waals surface area contributed by atoms with E-state index in [1.54, 1.807) is 12.7 Å². The number of piperazine rings is 1. The topological polar surface area (TPSA) is 79.2 Å². The van der Waals surface area contributed by atoms with Crippen LogP contribution in [0.15, 0.2) is 30.9 Å². The van der Waals surface area contributed by atoms with Gasteiger partial charge < -0.3 is 15.1 Å². The van der Waals surface area contributed by atoms with E-state index >= 15 is 0 Å². The molecule has 0 atom stereocenters. The van der Waals surface area contributed by atoms with E-state index in [0.29, 0.717) is 11.6 Å². The van der Waals surface area contributed by atoms with E-state index in [0.717, 1.165) is 73.8 Å². The average molecular weight is 408 g/mol. The third-order valence-corrected chi connectivity index (χ3v) is 6.08. The van der Waals surface area contributed by atoms with Gasteiger partial charge in [0.1, 0.15) is 12.7 Å². The predicted molar refractivity (Wildman–Crippen MR) is 118 cm³/mol. The van der Waals surface area contributed by atoms with Crippen molar-refractivity contribution in [2.24, 2.45) is 0 Å². The molecule has 1 aliphatic heterocycles. The molecule has 30 heavy (non-hydrogen) atoms. The van der Waals surface area contributed by atoms with E-state index in [-0.39, 0.29) is 7.33 Å². The lowest BCUT2D eigenvalue weighted by molar-refractivity contribution is 0.0951. The van der Waals surface area contributed by atoms with Crippen LogP contribution in [0.5, 0.6) is 0 Å². The maximum atomic E-state index is 12.5. The second-order valence-corrected chi connectivity index (χ2v) is 8.15. The summed E-state index contributed by atoms with van der Waals surface area (Å²) in [6, 6.07) is 6.12. The predicted octanol–water partition coefficient (Wildman–Crippen LogP) is 2.40. The van der Waals surface area contributed by atoms with Gasteiger partial charge in [-0.3, -0.25) is 9.36 Å². The SMILES string of the molecule is CCN1CCN(c2ncnc3c2ncn3-c2cc(C(=O)NC3CC3)ccc2C)CC1.[HH]. The van der Waals surface area contributed by atoms with Crippen molar-refractivity contribution in [1.82, 2.24) is 29.7 Å². The molecule has 1 saturated heterocycles. The molecule has 158 valence electrons. The highest BCUT2D eigenvalue weighted by atomic mass is 16.1. The molecule has 2 aromatic heterocycles. The van der Waals surface area contributed by atoms with E-state index in [1.807, 2.05) is 29.7 Å². The molecule has 1 saturated carbocycles. The minimum absolute atomic E-state index is 0. The molecular formula is C22H29N7O. The number of carbonyl (C=O) groups is 1. The van der Waals surface area contributed by atoms with Gasteiger partial charge in [0, 0.05) is 39.2 Å². The number of aromatic nitrogens is 4. The van der Waals surface area contributed by atoms with E-state index in [1.165, 1.54) is 0 Å². The summed E-state index contributed by atoms with van der Waals surface area (Å²) in [5.74, 6) is 0.863. The van der Waals surface area contributed by atoms with Crippen LogP contribution in [0.25, 0.3) is 16.9 Å². The molecule has 5 rings (SSSR count). The molecule has 0 spiro atoms. The Labute approximate surface area is 177 Å². The van der Waals surface area contributed by atoms with Crippen molar-refractivity contribution in [2.45, 2.75) is 32.7 Å². The summed E-state index contributed by atoms with van der Waals surface area (Å²) in [5, 5.41) is 3.06. The van der Waals surface area contributed by atoms with Crippen LogP contribution in [0.3, 0.4) is 0 Å². The van der Waals surface area contributed by atoms with Gasteiger partial charge in [0.15, 0.2) is 17.0 Å². The Morgan fingerprint density at radius 2 is 1.97 bits per heavy atom. The van der Waals surface area contributed by atoms with Crippen molar-refractivity contribution < 1.29 is 6.22 Å². The summed E-state index contributed by atoms with van der Waals surface area (Å²) >= 11 is 0. The molecule has 8 nitrogen and oxygen atoms in total. The minimum atomic E-state index is -0.0210. The number of likely N-dealkylation sites (N-methyl/N-ethyl adjacent to an activating group) is 1. The number of amides is 1. The lowest BCUT2D eigenvalue weighted by atomic mass is 10.1. The summed E-state index contributed by atoms with van der Waals surface area (Å²) in [5.41, 5.74) is 4.21. The summed E-state index contributed by atoms with van der Waals surface area (Å²) < 4.78 is 1.96. The Bertz CT molecular complexity index is 1090. The number of carbonyl (C=O) groups excluding carboxylic acids is 1. The van der Waals surface area contributed by atoms with Gasteiger partial charge in [-0.1, -0.05) is 13.0 Å². The fourth-order valence-corrected chi connectivity index (χ4v) is 4.01. The van der Waals surface area contributed by atoms with Crippen molar-refractivity contribution >= 4 is 22.9 Å². The number of rotatable bonds is 5. The smallest absolute Gasteiger partial charge is 0.251 e. The normalized spacial score (nSPS) is 17.5. The fourth-order valence-electron chi connectivity index (χ4n) is 4.01.